The zero-order chi connectivity index (χ0) is 21.5. The standard InChI is InChI=1S/C23H22Cl2N2O3/c1-2-17(23(28)29)11-15-3-7-19(8-4-15)30-22-10-6-18(14-27-22)26-13-16-5-9-20(24)21(25)12-16/h3-10,12,14,17,26H,2,11,13H2,1H3,(H,28,29). The van der Waals surface area contributed by atoms with Crippen LogP contribution in [0.3, 0.4) is 0 Å². The summed E-state index contributed by atoms with van der Waals surface area (Å²) in [7, 11) is 0. The Morgan fingerprint density at radius 2 is 1.80 bits per heavy atom. The van der Waals surface area contributed by atoms with Gasteiger partial charge in [-0.1, -0.05) is 48.3 Å². The molecule has 30 heavy (non-hydrogen) atoms. The van der Waals surface area contributed by atoms with E-state index in [0.29, 0.717) is 41.1 Å². The van der Waals surface area contributed by atoms with Crippen molar-refractivity contribution in [3.63, 3.8) is 0 Å². The maximum Gasteiger partial charge on any atom is 0.306 e. The van der Waals surface area contributed by atoms with E-state index in [4.69, 9.17) is 27.9 Å². The first-order valence-corrected chi connectivity index (χ1v) is 10.3. The molecule has 0 amide bonds. The van der Waals surface area contributed by atoms with Crippen molar-refractivity contribution in [2.45, 2.75) is 26.3 Å². The highest BCUT2D eigenvalue weighted by molar-refractivity contribution is 6.42. The van der Waals surface area contributed by atoms with Gasteiger partial charge in [-0.05, 0) is 54.3 Å². The lowest BCUT2D eigenvalue weighted by molar-refractivity contribution is -0.141. The van der Waals surface area contributed by atoms with Gasteiger partial charge in [-0.25, -0.2) is 4.98 Å². The molecular formula is C23H22Cl2N2O3. The van der Waals surface area contributed by atoms with Crippen molar-refractivity contribution in [3.05, 3.63) is 82.0 Å². The van der Waals surface area contributed by atoms with Crippen LogP contribution in [0.4, 0.5) is 5.69 Å². The van der Waals surface area contributed by atoms with Crippen molar-refractivity contribution in [1.82, 2.24) is 4.98 Å². The summed E-state index contributed by atoms with van der Waals surface area (Å²) < 4.78 is 5.77. The summed E-state index contributed by atoms with van der Waals surface area (Å²) in [5.74, 6) is -0.0248. The molecule has 0 bridgehead atoms. The van der Waals surface area contributed by atoms with E-state index in [1.807, 2.05) is 49.4 Å². The van der Waals surface area contributed by atoms with Crippen molar-refractivity contribution < 1.29 is 14.6 Å². The molecule has 0 aliphatic carbocycles. The fraction of sp³-hybridized carbons (Fsp3) is 0.217. The van der Waals surface area contributed by atoms with Crippen molar-refractivity contribution in [2.75, 3.05) is 5.32 Å². The summed E-state index contributed by atoms with van der Waals surface area (Å²) >= 11 is 12.0. The Kier molecular flexibility index (Phi) is 7.55. The number of benzene rings is 2. The van der Waals surface area contributed by atoms with E-state index in [1.54, 1.807) is 18.3 Å². The smallest absolute Gasteiger partial charge is 0.306 e. The second kappa shape index (κ2) is 10.3. The maximum absolute atomic E-state index is 11.2. The van der Waals surface area contributed by atoms with E-state index < -0.39 is 5.97 Å². The van der Waals surface area contributed by atoms with Crippen LogP contribution >= 0.6 is 23.2 Å². The Bertz CT molecular complexity index is 992. The predicted octanol–water partition coefficient (Wildman–Crippen LogP) is 6.45. The minimum atomic E-state index is -0.769. The average Bonchev–Trinajstić information content (AvgIpc) is 2.75. The molecular weight excluding hydrogens is 423 g/mol. The molecule has 0 spiro atoms. The number of aliphatic carboxylic acids is 1. The van der Waals surface area contributed by atoms with Gasteiger partial charge in [-0.15, -0.1) is 0 Å². The molecule has 1 atom stereocenters. The lowest BCUT2D eigenvalue weighted by Gasteiger charge is -2.11. The molecule has 3 rings (SSSR count). The molecule has 0 aliphatic heterocycles. The number of nitrogens with zero attached hydrogens (tertiary/aromatic N) is 1. The third kappa shape index (κ3) is 6.12. The number of ether oxygens (including phenoxy) is 1. The second-order valence-electron chi connectivity index (χ2n) is 6.88. The van der Waals surface area contributed by atoms with Crippen molar-refractivity contribution in [1.29, 1.82) is 0 Å². The number of rotatable bonds is 9. The molecule has 0 radical (unpaired) electrons. The van der Waals surface area contributed by atoms with E-state index in [2.05, 4.69) is 10.3 Å². The van der Waals surface area contributed by atoms with Gasteiger partial charge in [-0.3, -0.25) is 4.79 Å². The minimum Gasteiger partial charge on any atom is -0.481 e. The van der Waals surface area contributed by atoms with Gasteiger partial charge in [-0.2, -0.15) is 0 Å². The highest BCUT2D eigenvalue weighted by atomic mass is 35.5. The number of carbonyl (C=O) groups is 1. The summed E-state index contributed by atoms with van der Waals surface area (Å²) in [5, 5.41) is 13.5. The van der Waals surface area contributed by atoms with E-state index >= 15 is 0 Å². The van der Waals surface area contributed by atoms with Crippen molar-refractivity contribution in [2.24, 2.45) is 5.92 Å². The molecule has 1 aromatic heterocycles. The summed E-state index contributed by atoms with van der Waals surface area (Å²) in [6.45, 7) is 2.47. The molecule has 156 valence electrons. The average molecular weight is 445 g/mol. The number of halogens is 2. The third-order valence-corrected chi connectivity index (χ3v) is 5.43. The Hall–Kier alpha value is -2.76. The molecule has 0 saturated carbocycles. The summed E-state index contributed by atoms with van der Waals surface area (Å²) in [5.41, 5.74) is 2.83. The van der Waals surface area contributed by atoms with Gasteiger partial charge in [0, 0.05) is 12.6 Å². The Labute approximate surface area is 185 Å². The normalized spacial score (nSPS) is 11.7. The van der Waals surface area contributed by atoms with Gasteiger partial charge in [0.15, 0.2) is 0 Å². The Morgan fingerprint density at radius 1 is 1.07 bits per heavy atom. The lowest BCUT2D eigenvalue weighted by atomic mass is 9.97. The number of pyridine rings is 1. The molecule has 0 saturated heterocycles. The van der Waals surface area contributed by atoms with Gasteiger partial charge in [0.05, 0.1) is 27.8 Å². The van der Waals surface area contributed by atoms with Crippen LogP contribution in [0.25, 0.3) is 0 Å². The molecule has 7 heteroatoms. The number of hydrogen-bond acceptors (Lipinski definition) is 4. The van der Waals surface area contributed by atoms with Crippen LogP contribution in [0.5, 0.6) is 11.6 Å². The lowest BCUT2D eigenvalue weighted by Crippen LogP contribution is -2.15. The molecule has 2 N–H and O–H groups in total. The summed E-state index contributed by atoms with van der Waals surface area (Å²) in [6.07, 6.45) is 2.80. The molecule has 2 aromatic carbocycles. The molecule has 0 aliphatic rings. The van der Waals surface area contributed by atoms with Gasteiger partial charge >= 0.3 is 5.97 Å². The second-order valence-corrected chi connectivity index (χ2v) is 7.70. The number of aromatic nitrogens is 1. The highest BCUT2D eigenvalue weighted by Crippen LogP contribution is 2.24. The van der Waals surface area contributed by atoms with E-state index in [9.17, 15) is 9.90 Å². The van der Waals surface area contributed by atoms with Crippen LogP contribution in [-0.2, 0) is 17.8 Å². The Morgan fingerprint density at radius 3 is 2.40 bits per heavy atom. The number of carboxylic acids is 1. The number of nitrogens with one attached hydrogen (secondary N) is 1. The van der Waals surface area contributed by atoms with Crippen LogP contribution in [-0.4, -0.2) is 16.1 Å². The quantitative estimate of drug-likeness (QED) is 0.396. The Balaban J connectivity index is 1.54. The summed E-state index contributed by atoms with van der Waals surface area (Å²) in [6, 6.07) is 16.6. The van der Waals surface area contributed by atoms with E-state index in [1.165, 1.54) is 0 Å². The molecule has 0 fully saturated rings. The van der Waals surface area contributed by atoms with Crippen LogP contribution in [0, 0.1) is 5.92 Å². The largest absolute Gasteiger partial charge is 0.481 e. The first kappa shape index (κ1) is 21.9. The van der Waals surface area contributed by atoms with Gasteiger partial charge < -0.3 is 15.2 Å². The van der Waals surface area contributed by atoms with Crippen LogP contribution in [0.2, 0.25) is 10.0 Å². The zero-order valence-electron chi connectivity index (χ0n) is 16.4. The molecule has 3 aromatic rings. The summed E-state index contributed by atoms with van der Waals surface area (Å²) in [4.78, 5) is 15.5. The fourth-order valence-corrected chi connectivity index (χ4v) is 3.22. The van der Waals surface area contributed by atoms with Gasteiger partial charge in [0.25, 0.3) is 0 Å². The molecule has 5 nitrogen and oxygen atoms in total. The minimum absolute atomic E-state index is 0.373. The molecule has 1 heterocycles. The topological polar surface area (TPSA) is 71.5 Å². The van der Waals surface area contributed by atoms with Crippen LogP contribution in [0.15, 0.2) is 60.8 Å². The van der Waals surface area contributed by atoms with Crippen molar-refractivity contribution >= 4 is 34.9 Å². The molecule has 1 unspecified atom stereocenters. The first-order valence-electron chi connectivity index (χ1n) is 9.58. The zero-order valence-corrected chi connectivity index (χ0v) is 18.0. The first-order chi connectivity index (χ1) is 14.4. The SMILES string of the molecule is CCC(Cc1ccc(Oc2ccc(NCc3ccc(Cl)c(Cl)c3)cn2)cc1)C(=O)O. The van der Waals surface area contributed by atoms with Crippen LogP contribution in [0.1, 0.15) is 24.5 Å². The van der Waals surface area contributed by atoms with E-state index in [0.717, 1.165) is 16.8 Å². The van der Waals surface area contributed by atoms with Crippen LogP contribution < -0.4 is 10.1 Å². The number of anilines is 1. The van der Waals surface area contributed by atoms with E-state index in [-0.39, 0.29) is 5.92 Å². The number of hydrogen-bond donors (Lipinski definition) is 2. The maximum atomic E-state index is 11.2. The fourth-order valence-electron chi connectivity index (χ4n) is 2.90. The third-order valence-electron chi connectivity index (χ3n) is 4.69. The monoisotopic (exact) mass is 444 g/mol. The predicted molar refractivity (Wildman–Crippen MR) is 120 cm³/mol. The number of carboxylic acid groups (broad SMARTS) is 1. The highest BCUT2D eigenvalue weighted by Gasteiger charge is 2.15. The van der Waals surface area contributed by atoms with Gasteiger partial charge in [0.1, 0.15) is 5.75 Å². The van der Waals surface area contributed by atoms with Gasteiger partial charge in [0.2, 0.25) is 5.88 Å². The van der Waals surface area contributed by atoms with Crippen molar-refractivity contribution in [3.8, 4) is 11.6 Å².